The zero-order valence-electron chi connectivity index (χ0n) is 17.6. The number of H-pyrrole nitrogens is 1. The van der Waals surface area contributed by atoms with Crippen molar-refractivity contribution in [2.45, 2.75) is 58.9 Å². The van der Waals surface area contributed by atoms with Crippen LogP contribution in [0, 0.1) is 20.8 Å². The number of hydrogen-bond acceptors (Lipinski definition) is 6. The highest BCUT2D eigenvalue weighted by molar-refractivity contribution is 5.94. The molecule has 4 heterocycles. The fourth-order valence-electron chi connectivity index (χ4n) is 4.40. The molecule has 7 nitrogen and oxygen atoms in total. The summed E-state index contributed by atoms with van der Waals surface area (Å²) in [7, 11) is 0. The van der Waals surface area contributed by atoms with Crippen LogP contribution >= 0.6 is 0 Å². The van der Waals surface area contributed by atoms with Gasteiger partial charge in [0.2, 0.25) is 5.95 Å². The Labute approximate surface area is 175 Å². The summed E-state index contributed by atoms with van der Waals surface area (Å²) in [6, 6.07) is 4.58. The summed E-state index contributed by atoms with van der Waals surface area (Å²) in [5, 5.41) is 8.62. The van der Waals surface area contributed by atoms with Gasteiger partial charge in [0.1, 0.15) is 11.4 Å². The van der Waals surface area contributed by atoms with E-state index in [2.05, 4.69) is 26.5 Å². The topological polar surface area (TPSA) is 92.5 Å². The van der Waals surface area contributed by atoms with Gasteiger partial charge in [-0.3, -0.25) is 0 Å². The average molecular weight is 403 g/mol. The number of fused-ring (bicyclic) bond motifs is 1. The maximum atomic E-state index is 5.30. The van der Waals surface area contributed by atoms with Crippen LogP contribution in [0.5, 0.6) is 0 Å². The third-order valence-electron chi connectivity index (χ3n) is 5.99. The van der Waals surface area contributed by atoms with Crippen molar-refractivity contribution in [1.82, 2.24) is 25.1 Å². The van der Waals surface area contributed by atoms with Gasteiger partial charge in [-0.15, -0.1) is 0 Å². The molecule has 0 amide bonds. The van der Waals surface area contributed by atoms with Crippen LogP contribution in [-0.4, -0.2) is 31.1 Å². The van der Waals surface area contributed by atoms with Gasteiger partial charge in [-0.05, 0) is 51.3 Å². The minimum absolute atomic E-state index is 0.469. The second-order valence-corrected chi connectivity index (χ2v) is 8.20. The summed E-state index contributed by atoms with van der Waals surface area (Å²) in [5.41, 5.74) is 6.48. The molecule has 0 spiro atoms. The van der Waals surface area contributed by atoms with Crippen molar-refractivity contribution in [3.05, 3.63) is 41.5 Å². The molecule has 4 aromatic rings. The first-order valence-electron chi connectivity index (χ1n) is 10.6. The molecule has 0 saturated heterocycles. The molecule has 0 aliphatic heterocycles. The van der Waals surface area contributed by atoms with Crippen LogP contribution < -0.4 is 5.32 Å². The quantitative estimate of drug-likeness (QED) is 0.478. The lowest BCUT2D eigenvalue weighted by Crippen LogP contribution is -2.23. The maximum Gasteiger partial charge on any atom is 0.223 e. The van der Waals surface area contributed by atoms with Crippen LogP contribution in [-0.2, 0) is 0 Å². The number of hydrogen-bond donors (Lipinski definition) is 2. The SMILES string of the molecule is Cc1cnc(NC2CCCCC2)nc1-c1c[nH]c2nc(-c3c(C)noc3C)ccc12. The van der Waals surface area contributed by atoms with Crippen LogP contribution in [0.1, 0.15) is 49.1 Å². The van der Waals surface area contributed by atoms with E-state index in [0.717, 1.165) is 50.6 Å². The lowest BCUT2D eigenvalue weighted by Gasteiger charge is -2.23. The third kappa shape index (κ3) is 3.34. The fourth-order valence-corrected chi connectivity index (χ4v) is 4.40. The van der Waals surface area contributed by atoms with Crippen molar-refractivity contribution in [3.63, 3.8) is 0 Å². The highest BCUT2D eigenvalue weighted by Gasteiger charge is 2.18. The van der Waals surface area contributed by atoms with Crippen LogP contribution in [0.4, 0.5) is 5.95 Å². The normalized spacial score (nSPS) is 15.0. The summed E-state index contributed by atoms with van der Waals surface area (Å²) in [4.78, 5) is 17.5. The number of pyridine rings is 1. The first-order valence-corrected chi connectivity index (χ1v) is 10.6. The predicted molar refractivity (Wildman–Crippen MR) is 117 cm³/mol. The first-order chi connectivity index (χ1) is 14.6. The maximum absolute atomic E-state index is 5.30. The largest absolute Gasteiger partial charge is 0.361 e. The molecule has 2 N–H and O–H groups in total. The second-order valence-electron chi connectivity index (χ2n) is 8.20. The lowest BCUT2D eigenvalue weighted by molar-refractivity contribution is 0.393. The molecule has 0 radical (unpaired) electrons. The number of aryl methyl sites for hydroxylation is 3. The molecule has 0 unspecified atom stereocenters. The van der Waals surface area contributed by atoms with Crippen LogP contribution in [0.15, 0.2) is 29.0 Å². The number of nitrogens with zero attached hydrogens (tertiary/aromatic N) is 4. The Hall–Kier alpha value is -3.22. The van der Waals surface area contributed by atoms with E-state index in [1.54, 1.807) is 0 Å². The molecule has 1 saturated carbocycles. The van der Waals surface area contributed by atoms with E-state index in [1.807, 2.05) is 39.2 Å². The van der Waals surface area contributed by atoms with Gasteiger partial charge in [-0.25, -0.2) is 15.0 Å². The summed E-state index contributed by atoms with van der Waals surface area (Å²) in [6.07, 6.45) is 10.1. The van der Waals surface area contributed by atoms with Gasteiger partial charge in [0, 0.05) is 29.4 Å². The Bertz CT molecular complexity index is 1180. The molecule has 1 aliphatic carbocycles. The average Bonchev–Trinajstić information content (AvgIpc) is 3.32. The Kier molecular flexibility index (Phi) is 4.73. The molecule has 1 aliphatic rings. The molecule has 0 aromatic carbocycles. The minimum Gasteiger partial charge on any atom is -0.361 e. The van der Waals surface area contributed by atoms with Gasteiger partial charge in [0.25, 0.3) is 0 Å². The van der Waals surface area contributed by atoms with E-state index in [-0.39, 0.29) is 0 Å². The standard InChI is InChI=1S/C23H26N6O/c1-13-11-25-23(26-16-7-5-4-6-8-16)28-21(13)18-12-24-22-17(18)9-10-19(27-22)20-14(2)29-30-15(20)3/h9-12,16H,4-8H2,1-3H3,(H,24,27)(H,25,26,28). The van der Waals surface area contributed by atoms with Gasteiger partial charge in [-0.1, -0.05) is 24.4 Å². The monoisotopic (exact) mass is 402 g/mol. The smallest absolute Gasteiger partial charge is 0.223 e. The van der Waals surface area contributed by atoms with Crippen molar-refractivity contribution in [2.24, 2.45) is 0 Å². The van der Waals surface area contributed by atoms with Crippen molar-refractivity contribution in [3.8, 4) is 22.5 Å². The van der Waals surface area contributed by atoms with Crippen molar-refractivity contribution >= 4 is 17.0 Å². The van der Waals surface area contributed by atoms with E-state index in [4.69, 9.17) is 14.5 Å². The van der Waals surface area contributed by atoms with E-state index in [1.165, 1.54) is 32.1 Å². The summed E-state index contributed by atoms with van der Waals surface area (Å²) in [5.74, 6) is 1.48. The zero-order chi connectivity index (χ0) is 20.7. The van der Waals surface area contributed by atoms with Gasteiger partial charge in [0.15, 0.2) is 0 Å². The van der Waals surface area contributed by atoms with E-state index in [9.17, 15) is 0 Å². The Balaban J connectivity index is 1.51. The van der Waals surface area contributed by atoms with Gasteiger partial charge >= 0.3 is 0 Å². The first kappa shape index (κ1) is 18.8. The van der Waals surface area contributed by atoms with Crippen LogP contribution in [0.25, 0.3) is 33.5 Å². The molecular weight excluding hydrogens is 376 g/mol. The van der Waals surface area contributed by atoms with Crippen LogP contribution in [0.2, 0.25) is 0 Å². The zero-order valence-corrected chi connectivity index (χ0v) is 17.6. The van der Waals surface area contributed by atoms with Crippen LogP contribution in [0.3, 0.4) is 0 Å². The number of aromatic nitrogens is 5. The molecule has 0 bridgehead atoms. The summed E-state index contributed by atoms with van der Waals surface area (Å²) < 4.78 is 5.30. The molecular formula is C23H26N6O. The highest BCUT2D eigenvalue weighted by Crippen LogP contribution is 2.32. The number of aromatic amines is 1. The van der Waals surface area contributed by atoms with E-state index < -0.39 is 0 Å². The number of nitrogens with one attached hydrogen (secondary N) is 2. The van der Waals surface area contributed by atoms with E-state index >= 15 is 0 Å². The van der Waals surface area contributed by atoms with Crippen molar-refractivity contribution < 1.29 is 4.52 Å². The Morgan fingerprint density at radius 1 is 1.07 bits per heavy atom. The summed E-state index contributed by atoms with van der Waals surface area (Å²) >= 11 is 0. The molecule has 1 fully saturated rings. The molecule has 154 valence electrons. The summed E-state index contributed by atoms with van der Waals surface area (Å²) in [6.45, 7) is 5.89. The van der Waals surface area contributed by atoms with E-state index in [0.29, 0.717) is 12.0 Å². The van der Waals surface area contributed by atoms with Crippen molar-refractivity contribution in [1.29, 1.82) is 0 Å². The number of anilines is 1. The fraction of sp³-hybridized carbons (Fsp3) is 0.391. The number of rotatable bonds is 4. The molecule has 30 heavy (non-hydrogen) atoms. The Morgan fingerprint density at radius 3 is 2.67 bits per heavy atom. The highest BCUT2D eigenvalue weighted by atomic mass is 16.5. The van der Waals surface area contributed by atoms with Gasteiger partial charge < -0.3 is 14.8 Å². The molecule has 7 heteroatoms. The Morgan fingerprint density at radius 2 is 1.90 bits per heavy atom. The molecule has 0 atom stereocenters. The van der Waals surface area contributed by atoms with Crippen molar-refractivity contribution in [2.75, 3.05) is 5.32 Å². The third-order valence-corrected chi connectivity index (χ3v) is 5.99. The predicted octanol–water partition coefficient (Wildman–Crippen LogP) is 5.34. The molecule has 4 aromatic heterocycles. The lowest BCUT2D eigenvalue weighted by atomic mass is 9.96. The molecule has 5 rings (SSSR count). The van der Waals surface area contributed by atoms with Gasteiger partial charge in [-0.2, -0.15) is 0 Å². The van der Waals surface area contributed by atoms with Gasteiger partial charge in [0.05, 0.1) is 22.6 Å². The minimum atomic E-state index is 0.469. The second kappa shape index (κ2) is 7.55.